The van der Waals surface area contributed by atoms with Crippen LogP contribution in [-0.2, 0) is 0 Å². The van der Waals surface area contributed by atoms with Gasteiger partial charge >= 0.3 is 5.97 Å². The lowest BCUT2D eigenvalue weighted by Gasteiger charge is -1.98. The molecule has 0 aromatic carbocycles. The van der Waals surface area contributed by atoms with Gasteiger partial charge in [-0.1, -0.05) is 0 Å². The number of hydrogen-bond donors (Lipinski definition) is 3. The van der Waals surface area contributed by atoms with Crippen molar-refractivity contribution in [3.63, 3.8) is 0 Å². The zero-order valence-electron chi connectivity index (χ0n) is 8.01. The monoisotopic (exact) mass is 212 g/mol. The maximum atomic E-state index is 10.5. The number of aliphatic hydroxyl groups excluding tert-OH is 1. The first-order valence-corrected chi connectivity index (χ1v) is 4.74. The Bertz CT molecular complexity index is 363. The Balaban J connectivity index is 1.81. The maximum absolute atomic E-state index is 10.5. The van der Waals surface area contributed by atoms with Crippen LogP contribution in [0.3, 0.4) is 0 Å². The number of rotatable bonds is 5. The summed E-state index contributed by atoms with van der Waals surface area (Å²) in [6.45, 7) is 0.864. The number of hydrogen-bond acceptors (Lipinski definition) is 5. The van der Waals surface area contributed by atoms with Gasteiger partial charge in [0.2, 0.25) is 0 Å². The van der Waals surface area contributed by atoms with E-state index in [1.165, 1.54) is 0 Å². The zero-order chi connectivity index (χ0) is 10.8. The third kappa shape index (κ3) is 2.27. The highest BCUT2D eigenvalue weighted by Gasteiger charge is 2.36. The fourth-order valence-electron chi connectivity index (χ4n) is 1.46. The molecule has 3 N–H and O–H groups in total. The first-order chi connectivity index (χ1) is 7.20. The van der Waals surface area contributed by atoms with Gasteiger partial charge in [-0.05, 0) is 18.3 Å². The van der Waals surface area contributed by atoms with Crippen LogP contribution >= 0.6 is 0 Å². The van der Waals surface area contributed by atoms with E-state index in [-0.39, 0.29) is 18.3 Å². The standard InChI is InChI=1S/C9H12N2O4/c12-3-6-1-5(6)2-10-9-11-7(4-15-9)8(13)14/h4-6,12H,1-3H2,(H,10,11)(H,13,14)/t5-,6+/m1/s1. The molecule has 0 radical (unpaired) electrons. The summed E-state index contributed by atoms with van der Waals surface area (Å²) in [7, 11) is 0. The topological polar surface area (TPSA) is 95.6 Å². The van der Waals surface area contributed by atoms with Crippen LogP contribution in [0.5, 0.6) is 0 Å². The summed E-state index contributed by atoms with van der Waals surface area (Å²) in [5, 5.41) is 20.3. The molecule has 1 aliphatic rings. The van der Waals surface area contributed by atoms with Crippen LogP contribution in [0.15, 0.2) is 10.7 Å². The summed E-state index contributed by atoms with van der Waals surface area (Å²) in [4.78, 5) is 14.2. The Morgan fingerprint density at radius 2 is 2.47 bits per heavy atom. The van der Waals surface area contributed by atoms with Crippen LogP contribution in [0, 0.1) is 11.8 Å². The molecule has 1 aliphatic carbocycles. The predicted molar refractivity (Wildman–Crippen MR) is 50.6 cm³/mol. The molecule has 1 heterocycles. The number of aromatic nitrogens is 1. The largest absolute Gasteiger partial charge is 0.476 e. The van der Waals surface area contributed by atoms with Crippen LogP contribution in [0.4, 0.5) is 6.01 Å². The van der Waals surface area contributed by atoms with Gasteiger partial charge in [-0.15, -0.1) is 0 Å². The van der Waals surface area contributed by atoms with E-state index in [1.54, 1.807) is 0 Å². The molecule has 2 atom stereocenters. The molecule has 0 spiro atoms. The Morgan fingerprint density at radius 3 is 3.00 bits per heavy atom. The lowest BCUT2D eigenvalue weighted by Crippen LogP contribution is -2.06. The number of aromatic carboxylic acids is 1. The molecule has 15 heavy (non-hydrogen) atoms. The molecule has 6 heteroatoms. The van der Waals surface area contributed by atoms with Crippen LogP contribution in [0.25, 0.3) is 0 Å². The first-order valence-electron chi connectivity index (χ1n) is 4.74. The Hall–Kier alpha value is -1.56. The van der Waals surface area contributed by atoms with E-state index in [4.69, 9.17) is 14.6 Å². The average molecular weight is 212 g/mol. The van der Waals surface area contributed by atoms with Gasteiger partial charge in [0.15, 0.2) is 5.69 Å². The van der Waals surface area contributed by atoms with E-state index in [0.29, 0.717) is 18.4 Å². The number of carboxylic acids is 1. The molecule has 6 nitrogen and oxygen atoms in total. The fourth-order valence-corrected chi connectivity index (χ4v) is 1.46. The van der Waals surface area contributed by atoms with E-state index >= 15 is 0 Å². The van der Waals surface area contributed by atoms with Gasteiger partial charge in [0, 0.05) is 13.2 Å². The van der Waals surface area contributed by atoms with Crippen molar-refractivity contribution in [2.75, 3.05) is 18.5 Å². The molecule has 1 aromatic heterocycles. The summed E-state index contributed by atoms with van der Waals surface area (Å²) in [5.74, 6) is -0.298. The van der Waals surface area contributed by atoms with Crippen molar-refractivity contribution in [2.24, 2.45) is 11.8 Å². The molecule has 0 amide bonds. The summed E-state index contributed by atoms with van der Waals surface area (Å²) in [5.41, 5.74) is -0.105. The van der Waals surface area contributed by atoms with Crippen LogP contribution in [0.1, 0.15) is 16.9 Å². The molecule has 0 unspecified atom stereocenters. The molecule has 1 fully saturated rings. The number of carboxylic acid groups (broad SMARTS) is 1. The van der Waals surface area contributed by atoms with Crippen LogP contribution < -0.4 is 5.32 Å². The highest BCUT2D eigenvalue weighted by molar-refractivity contribution is 5.85. The number of nitrogens with one attached hydrogen (secondary N) is 1. The first kappa shape index (κ1) is 9.97. The van der Waals surface area contributed by atoms with Crippen LogP contribution in [-0.4, -0.2) is 34.3 Å². The minimum absolute atomic E-state index is 0.105. The maximum Gasteiger partial charge on any atom is 0.357 e. The van der Waals surface area contributed by atoms with Gasteiger partial charge in [0.25, 0.3) is 6.01 Å². The van der Waals surface area contributed by atoms with Crippen molar-refractivity contribution in [2.45, 2.75) is 6.42 Å². The van der Waals surface area contributed by atoms with Gasteiger partial charge in [-0.2, -0.15) is 4.98 Å². The Kier molecular flexibility index (Phi) is 2.59. The van der Waals surface area contributed by atoms with Gasteiger partial charge in [0.1, 0.15) is 6.26 Å². The molecule has 0 saturated heterocycles. The Morgan fingerprint density at radius 1 is 1.67 bits per heavy atom. The molecule has 0 aliphatic heterocycles. The lowest BCUT2D eigenvalue weighted by atomic mass is 10.3. The highest BCUT2D eigenvalue weighted by atomic mass is 16.4. The molecular weight excluding hydrogens is 200 g/mol. The quantitative estimate of drug-likeness (QED) is 0.654. The van der Waals surface area contributed by atoms with Crippen molar-refractivity contribution >= 4 is 12.0 Å². The van der Waals surface area contributed by atoms with Crippen molar-refractivity contribution in [3.8, 4) is 0 Å². The van der Waals surface area contributed by atoms with Gasteiger partial charge in [-0.25, -0.2) is 4.79 Å². The third-order valence-electron chi connectivity index (χ3n) is 2.54. The van der Waals surface area contributed by atoms with E-state index in [0.717, 1.165) is 12.7 Å². The second-order valence-electron chi connectivity index (χ2n) is 3.66. The van der Waals surface area contributed by atoms with E-state index < -0.39 is 5.97 Å². The SMILES string of the molecule is O=C(O)c1coc(NC[C@H]2C[C@H]2CO)n1. The number of aliphatic hydroxyl groups is 1. The number of nitrogens with zero attached hydrogens (tertiary/aromatic N) is 1. The van der Waals surface area contributed by atoms with E-state index in [9.17, 15) is 4.79 Å². The summed E-state index contributed by atoms with van der Waals surface area (Å²) >= 11 is 0. The van der Waals surface area contributed by atoms with E-state index in [2.05, 4.69) is 10.3 Å². The van der Waals surface area contributed by atoms with Gasteiger partial charge in [0.05, 0.1) is 0 Å². The summed E-state index contributed by atoms with van der Waals surface area (Å²) in [6.07, 6.45) is 2.09. The second-order valence-corrected chi connectivity index (χ2v) is 3.66. The molecule has 2 rings (SSSR count). The van der Waals surface area contributed by atoms with Gasteiger partial charge in [-0.3, -0.25) is 0 Å². The summed E-state index contributed by atoms with van der Waals surface area (Å²) in [6, 6.07) is 0.219. The minimum Gasteiger partial charge on any atom is -0.476 e. The second kappa shape index (κ2) is 3.90. The number of carbonyl (C=O) groups is 1. The van der Waals surface area contributed by atoms with Crippen molar-refractivity contribution in [3.05, 3.63) is 12.0 Å². The van der Waals surface area contributed by atoms with E-state index in [1.807, 2.05) is 0 Å². The van der Waals surface area contributed by atoms with Crippen molar-refractivity contribution in [1.29, 1.82) is 0 Å². The highest BCUT2D eigenvalue weighted by Crippen LogP contribution is 2.37. The zero-order valence-corrected chi connectivity index (χ0v) is 8.01. The number of anilines is 1. The van der Waals surface area contributed by atoms with Crippen LogP contribution in [0.2, 0.25) is 0 Å². The van der Waals surface area contributed by atoms with Crippen molar-refractivity contribution < 1.29 is 19.4 Å². The molecule has 1 saturated carbocycles. The smallest absolute Gasteiger partial charge is 0.357 e. The molecular formula is C9H12N2O4. The van der Waals surface area contributed by atoms with Crippen molar-refractivity contribution in [1.82, 2.24) is 4.98 Å². The summed E-state index contributed by atoms with van der Waals surface area (Å²) < 4.78 is 4.91. The normalized spacial score (nSPS) is 23.8. The lowest BCUT2D eigenvalue weighted by molar-refractivity contribution is 0.0690. The van der Waals surface area contributed by atoms with Gasteiger partial charge < -0.3 is 19.9 Å². The third-order valence-corrected chi connectivity index (χ3v) is 2.54. The average Bonchev–Trinajstić information content (AvgIpc) is 2.81. The molecule has 0 bridgehead atoms. The molecule has 82 valence electrons. The Labute approximate surface area is 85.9 Å². The minimum atomic E-state index is -1.11. The predicted octanol–water partition coefficient (Wildman–Crippen LogP) is 0.413. The number of oxazole rings is 1. The fraction of sp³-hybridized carbons (Fsp3) is 0.556. The molecule has 1 aromatic rings.